The van der Waals surface area contributed by atoms with Gasteiger partial charge in [0.25, 0.3) is 0 Å². The van der Waals surface area contributed by atoms with Gasteiger partial charge in [-0.25, -0.2) is 9.78 Å². The van der Waals surface area contributed by atoms with Crippen molar-refractivity contribution in [3.8, 4) is 6.07 Å². The van der Waals surface area contributed by atoms with E-state index in [0.717, 1.165) is 33.9 Å². The van der Waals surface area contributed by atoms with E-state index in [2.05, 4.69) is 50.8 Å². The van der Waals surface area contributed by atoms with Crippen LogP contribution in [-0.2, 0) is 0 Å². The van der Waals surface area contributed by atoms with Gasteiger partial charge in [0.05, 0.1) is 35.7 Å². The van der Waals surface area contributed by atoms with Gasteiger partial charge in [0.15, 0.2) is 0 Å². The molecule has 2 fully saturated rings. The van der Waals surface area contributed by atoms with Gasteiger partial charge in [0.1, 0.15) is 11.4 Å². The van der Waals surface area contributed by atoms with Crippen LogP contribution >= 0.6 is 15.9 Å². The average molecular weight is 514 g/mol. The average Bonchev–Trinajstić information content (AvgIpc) is 3.22. The van der Waals surface area contributed by atoms with Crippen molar-refractivity contribution in [1.82, 2.24) is 19.8 Å². The fourth-order valence-electron chi connectivity index (χ4n) is 4.56. The molecule has 1 unspecified atom stereocenters. The molecule has 0 radical (unpaired) electrons. The molecular weight excluding hydrogens is 490 g/mol. The maximum atomic E-state index is 11.7. The van der Waals surface area contributed by atoms with Crippen molar-refractivity contribution in [3.05, 3.63) is 22.9 Å². The zero-order valence-electron chi connectivity index (χ0n) is 18.4. The highest BCUT2D eigenvalue weighted by atomic mass is 79.9. The van der Waals surface area contributed by atoms with Gasteiger partial charge in [-0.3, -0.25) is 0 Å². The Hall–Kier alpha value is -3.10. The third-order valence-corrected chi connectivity index (χ3v) is 7.21. The van der Waals surface area contributed by atoms with Gasteiger partial charge < -0.3 is 29.1 Å². The van der Waals surface area contributed by atoms with Crippen LogP contribution in [0.4, 0.5) is 16.6 Å². The first kappa shape index (κ1) is 21.7. The summed E-state index contributed by atoms with van der Waals surface area (Å²) in [5, 5.41) is 20.6. The molecule has 1 N–H and O–H groups in total. The number of amides is 1. The highest BCUT2D eigenvalue weighted by molar-refractivity contribution is 9.10. The SMILES string of the molecule is CN(C)C1CN(c2nc(N3CCN(C(=O)O)C(CC#N)C3)c3c(cc(Br)c4ccoc43)n2)C1. The molecule has 1 atom stereocenters. The predicted octanol–water partition coefficient (Wildman–Crippen LogP) is 2.97. The smallest absolute Gasteiger partial charge is 0.407 e. The third kappa shape index (κ3) is 3.73. The molecule has 2 aliphatic rings. The van der Waals surface area contributed by atoms with Crippen molar-refractivity contribution in [2.45, 2.75) is 18.5 Å². The lowest BCUT2D eigenvalue weighted by atomic mass is 10.1. The number of carboxylic acid groups (broad SMARTS) is 1. The molecular formula is C22H24BrN7O3. The number of nitrogens with zero attached hydrogens (tertiary/aromatic N) is 7. The molecule has 33 heavy (non-hydrogen) atoms. The van der Waals surface area contributed by atoms with E-state index in [1.165, 1.54) is 4.90 Å². The molecule has 2 aliphatic heterocycles. The lowest BCUT2D eigenvalue weighted by Gasteiger charge is -2.43. The van der Waals surface area contributed by atoms with Crippen molar-refractivity contribution < 1.29 is 14.3 Å². The van der Waals surface area contributed by atoms with E-state index >= 15 is 0 Å². The lowest BCUT2D eigenvalue weighted by Crippen LogP contribution is -2.58. The van der Waals surface area contributed by atoms with E-state index in [1.807, 2.05) is 12.1 Å². The van der Waals surface area contributed by atoms with Crippen molar-refractivity contribution in [3.63, 3.8) is 0 Å². The topological polar surface area (TPSA) is 113 Å². The molecule has 5 rings (SSSR count). The van der Waals surface area contributed by atoms with E-state index in [-0.39, 0.29) is 6.42 Å². The zero-order valence-corrected chi connectivity index (χ0v) is 20.0. The number of rotatable bonds is 4. The highest BCUT2D eigenvalue weighted by Gasteiger charge is 2.35. The van der Waals surface area contributed by atoms with E-state index in [4.69, 9.17) is 14.4 Å². The van der Waals surface area contributed by atoms with Crippen LogP contribution in [-0.4, -0.2) is 89.9 Å². The standard InChI is InChI=1S/C22H24BrN7O3/c1-27(2)14-11-29(12-14)21-25-17-9-16(23)15-4-8-33-19(15)18(17)20(26-21)28-6-7-30(22(31)32)13(10-28)3-5-24/h4,8-9,13-14H,3,6-7,10-12H2,1-2H3,(H,31,32). The molecule has 10 nitrogen and oxygen atoms in total. The van der Waals surface area contributed by atoms with Crippen LogP contribution in [0.5, 0.6) is 0 Å². The Bertz CT molecular complexity index is 1260. The monoisotopic (exact) mass is 513 g/mol. The molecule has 0 saturated carbocycles. The van der Waals surface area contributed by atoms with E-state index in [9.17, 15) is 15.2 Å². The van der Waals surface area contributed by atoms with Crippen LogP contribution in [0.3, 0.4) is 0 Å². The number of nitriles is 1. The summed E-state index contributed by atoms with van der Waals surface area (Å²) >= 11 is 3.63. The van der Waals surface area contributed by atoms with Gasteiger partial charge in [-0.15, -0.1) is 0 Å². The van der Waals surface area contributed by atoms with Gasteiger partial charge in [-0.1, -0.05) is 0 Å². The molecule has 1 aromatic carbocycles. The maximum absolute atomic E-state index is 11.7. The second-order valence-corrected chi connectivity index (χ2v) is 9.58. The lowest BCUT2D eigenvalue weighted by molar-refractivity contribution is 0.119. The van der Waals surface area contributed by atoms with Gasteiger partial charge in [0.2, 0.25) is 5.95 Å². The van der Waals surface area contributed by atoms with Crippen molar-refractivity contribution in [1.29, 1.82) is 5.26 Å². The third-order valence-electron chi connectivity index (χ3n) is 6.55. The maximum Gasteiger partial charge on any atom is 0.407 e. The number of anilines is 2. The Kier molecular flexibility index (Phi) is 5.50. The van der Waals surface area contributed by atoms with Crippen molar-refractivity contribution >= 4 is 55.7 Å². The van der Waals surface area contributed by atoms with Crippen LogP contribution in [0, 0.1) is 11.3 Å². The molecule has 2 saturated heterocycles. The largest absolute Gasteiger partial charge is 0.465 e. The van der Waals surface area contributed by atoms with E-state index in [0.29, 0.717) is 43.0 Å². The van der Waals surface area contributed by atoms with Gasteiger partial charge >= 0.3 is 6.09 Å². The first-order valence-electron chi connectivity index (χ1n) is 10.8. The number of halogens is 1. The minimum Gasteiger partial charge on any atom is -0.465 e. The summed E-state index contributed by atoms with van der Waals surface area (Å²) in [6.07, 6.45) is 0.762. The summed E-state index contributed by atoms with van der Waals surface area (Å²) in [6.45, 7) is 2.83. The van der Waals surface area contributed by atoms with Gasteiger partial charge in [-0.2, -0.15) is 10.2 Å². The fourth-order valence-corrected chi connectivity index (χ4v) is 5.09. The number of likely N-dealkylation sites (N-methyl/N-ethyl adjacent to an activating group) is 1. The Balaban J connectivity index is 1.61. The van der Waals surface area contributed by atoms with E-state index in [1.54, 1.807) is 6.26 Å². The first-order chi connectivity index (χ1) is 15.9. The van der Waals surface area contributed by atoms with Crippen molar-refractivity contribution in [2.24, 2.45) is 0 Å². The van der Waals surface area contributed by atoms with Gasteiger partial charge in [-0.05, 0) is 42.2 Å². The number of hydrogen-bond acceptors (Lipinski definition) is 8. The Labute approximate surface area is 199 Å². The number of furan rings is 1. The molecule has 1 amide bonds. The number of piperazine rings is 1. The van der Waals surface area contributed by atoms with Crippen LogP contribution in [0.1, 0.15) is 6.42 Å². The number of benzene rings is 1. The Morgan fingerprint density at radius 2 is 2.09 bits per heavy atom. The zero-order chi connectivity index (χ0) is 23.3. The van der Waals surface area contributed by atoms with Crippen LogP contribution in [0.2, 0.25) is 0 Å². The first-order valence-corrected chi connectivity index (χ1v) is 11.6. The molecule has 3 aromatic rings. The van der Waals surface area contributed by atoms with Gasteiger partial charge in [0, 0.05) is 48.6 Å². The molecule has 0 bridgehead atoms. The molecule has 0 spiro atoms. The molecule has 2 aromatic heterocycles. The predicted molar refractivity (Wildman–Crippen MR) is 128 cm³/mol. The number of hydrogen-bond donors (Lipinski definition) is 1. The molecule has 11 heteroatoms. The summed E-state index contributed by atoms with van der Waals surface area (Å²) < 4.78 is 6.74. The Morgan fingerprint density at radius 3 is 2.79 bits per heavy atom. The minimum absolute atomic E-state index is 0.122. The van der Waals surface area contributed by atoms with Crippen molar-refractivity contribution in [2.75, 3.05) is 56.6 Å². The van der Waals surface area contributed by atoms with E-state index < -0.39 is 12.1 Å². The summed E-state index contributed by atoms with van der Waals surface area (Å²) in [5.41, 5.74) is 1.45. The summed E-state index contributed by atoms with van der Waals surface area (Å²) in [5.74, 6) is 1.36. The van der Waals surface area contributed by atoms with Crippen LogP contribution in [0.25, 0.3) is 21.9 Å². The number of carbonyl (C=O) groups is 1. The Morgan fingerprint density at radius 1 is 1.30 bits per heavy atom. The summed E-state index contributed by atoms with van der Waals surface area (Å²) in [4.78, 5) is 29.3. The normalized spacial score (nSPS) is 19.4. The highest BCUT2D eigenvalue weighted by Crippen LogP contribution is 2.38. The number of fused-ring (bicyclic) bond motifs is 3. The summed E-state index contributed by atoms with van der Waals surface area (Å²) in [7, 11) is 4.13. The minimum atomic E-state index is -1.00. The van der Waals surface area contributed by atoms with Crippen LogP contribution < -0.4 is 9.80 Å². The second-order valence-electron chi connectivity index (χ2n) is 8.72. The quantitative estimate of drug-likeness (QED) is 0.562. The molecule has 0 aliphatic carbocycles. The molecule has 172 valence electrons. The molecule has 4 heterocycles. The number of aromatic nitrogens is 2. The second kappa shape index (κ2) is 8.35. The fraction of sp³-hybridized carbons (Fsp3) is 0.455. The summed E-state index contributed by atoms with van der Waals surface area (Å²) in [6, 6.07) is 6.02. The van der Waals surface area contributed by atoms with Crippen LogP contribution in [0.15, 0.2) is 27.3 Å².